The van der Waals surface area contributed by atoms with E-state index in [0.29, 0.717) is 0 Å². The highest BCUT2D eigenvalue weighted by atomic mass is 35.5. The molecule has 0 saturated heterocycles. The molecule has 0 bridgehead atoms. The van der Waals surface area contributed by atoms with Gasteiger partial charge in [0, 0.05) is 24.2 Å². The molecule has 0 unspecified atom stereocenters. The van der Waals surface area contributed by atoms with Crippen molar-refractivity contribution in [1.29, 1.82) is 0 Å². The molecule has 1 rings (SSSR count). The Morgan fingerprint density at radius 3 is 2.78 bits per heavy atom. The van der Waals surface area contributed by atoms with Crippen LogP contribution in [-0.2, 0) is 0 Å². The maximum Gasteiger partial charge on any atom is 0.302 e. The van der Waals surface area contributed by atoms with Gasteiger partial charge in [-0.25, -0.2) is 9.07 Å². The van der Waals surface area contributed by atoms with Gasteiger partial charge in [-0.05, 0) is 0 Å². The highest BCUT2D eigenvalue weighted by Crippen LogP contribution is 1.93. The number of halogens is 2. The van der Waals surface area contributed by atoms with Crippen LogP contribution in [0.4, 0.5) is 0 Å². The molecule has 0 N–H and O–H groups in total. The summed E-state index contributed by atoms with van der Waals surface area (Å²) in [7, 11) is 0. The summed E-state index contributed by atoms with van der Waals surface area (Å²) in [6.45, 7) is 0. The molecule has 1 heterocycles. The Hall–Kier alpha value is -0.540. The van der Waals surface area contributed by atoms with Crippen LogP contribution in [0.25, 0.3) is 0 Å². The molecule has 0 fully saturated rings. The van der Waals surface area contributed by atoms with Crippen LogP contribution in [-0.4, -0.2) is 9.07 Å². The third-order valence-corrected chi connectivity index (χ3v) is 1.28. The van der Waals surface area contributed by atoms with Crippen LogP contribution in [0.15, 0.2) is 17.2 Å². The average Bonchev–Trinajstić information content (AvgIpc) is 1.83. The molecule has 9 heavy (non-hydrogen) atoms. The first-order valence-electron chi connectivity index (χ1n) is 2.11. The zero-order valence-corrected chi connectivity index (χ0v) is 5.73. The van der Waals surface area contributed by atoms with E-state index in [1.54, 1.807) is 0 Å². The van der Waals surface area contributed by atoms with Crippen LogP contribution in [0.1, 0.15) is 0 Å². The van der Waals surface area contributed by atoms with Crippen LogP contribution in [0.2, 0.25) is 5.15 Å². The van der Waals surface area contributed by atoms with Gasteiger partial charge in [0.1, 0.15) is 0 Å². The van der Waals surface area contributed by atoms with Crippen molar-refractivity contribution in [2.45, 2.75) is 0 Å². The summed E-state index contributed by atoms with van der Waals surface area (Å²) in [6.07, 6.45) is 2.66. The second-order valence-electron chi connectivity index (χ2n) is 1.33. The Balaban J connectivity index is 3.43. The van der Waals surface area contributed by atoms with Crippen molar-refractivity contribution in [2.75, 3.05) is 0 Å². The highest BCUT2D eigenvalue weighted by molar-refractivity contribution is 6.29. The van der Waals surface area contributed by atoms with E-state index in [1.165, 1.54) is 12.4 Å². The van der Waals surface area contributed by atoms with Gasteiger partial charge < -0.3 is 0 Å². The van der Waals surface area contributed by atoms with Crippen LogP contribution in [0.3, 0.4) is 0 Å². The monoisotopic (exact) mass is 164 g/mol. The summed E-state index contributed by atoms with van der Waals surface area (Å²) in [5.41, 5.74) is -0.499. The molecule has 0 aromatic carbocycles. The molecule has 0 saturated carbocycles. The van der Waals surface area contributed by atoms with E-state index in [0.717, 1.165) is 4.09 Å². The second-order valence-corrected chi connectivity index (χ2v) is 2.06. The molecular weight excluding hydrogens is 163 g/mol. The van der Waals surface area contributed by atoms with Crippen molar-refractivity contribution in [1.82, 2.24) is 9.07 Å². The standard InChI is InChI=1S/C4H2Cl2N2O/c5-3-4(9)8(6)2-1-7-3/h1-2H. The normalized spacial score (nSPS) is 9.56. The Kier molecular flexibility index (Phi) is 1.73. The van der Waals surface area contributed by atoms with Gasteiger partial charge in [-0.15, -0.1) is 0 Å². The summed E-state index contributed by atoms with van der Waals surface area (Å²) in [5.74, 6) is 0. The molecule has 5 heteroatoms. The van der Waals surface area contributed by atoms with E-state index < -0.39 is 5.56 Å². The molecule has 0 aliphatic carbocycles. The lowest BCUT2D eigenvalue weighted by Gasteiger charge is -1.89. The van der Waals surface area contributed by atoms with Crippen LogP contribution >= 0.6 is 23.4 Å². The predicted octanol–water partition coefficient (Wildman–Crippen LogP) is 0.899. The fourth-order valence-corrected chi connectivity index (χ4v) is 0.689. The Labute approximate surface area is 61.0 Å². The SMILES string of the molecule is O=c1c(Cl)nccn1Cl. The molecule has 0 amide bonds. The fraction of sp³-hybridized carbons (Fsp3) is 0. The molecule has 0 radical (unpaired) electrons. The first-order chi connectivity index (χ1) is 4.22. The molecule has 3 nitrogen and oxygen atoms in total. The molecular formula is C4H2Cl2N2O. The first kappa shape index (κ1) is 6.58. The smallest absolute Gasteiger partial charge is 0.264 e. The Morgan fingerprint density at radius 1 is 1.67 bits per heavy atom. The van der Waals surface area contributed by atoms with Crippen molar-refractivity contribution in [3.05, 3.63) is 27.9 Å². The minimum atomic E-state index is -0.499. The summed E-state index contributed by atoms with van der Waals surface area (Å²) < 4.78 is 0.843. The number of hydrogen-bond donors (Lipinski definition) is 0. The van der Waals surface area contributed by atoms with Crippen molar-refractivity contribution < 1.29 is 0 Å². The summed E-state index contributed by atoms with van der Waals surface area (Å²) in [6, 6.07) is 0. The minimum absolute atomic E-state index is 0.118. The average molecular weight is 165 g/mol. The van der Waals surface area contributed by atoms with Crippen LogP contribution < -0.4 is 5.56 Å². The maximum absolute atomic E-state index is 10.6. The van der Waals surface area contributed by atoms with Gasteiger partial charge in [-0.1, -0.05) is 11.6 Å². The van der Waals surface area contributed by atoms with Crippen molar-refractivity contribution in [3.8, 4) is 0 Å². The molecule has 1 aromatic heterocycles. The van der Waals surface area contributed by atoms with Crippen molar-refractivity contribution >= 4 is 23.4 Å². The zero-order valence-electron chi connectivity index (χ0n) is 4.21. The van der Waals surface area contributed by atoms with Gasteiger partial charge in [0.15, 0.2) is 5.15 Å². The van der Waals surface area contributed by atoms with E-state index in [9.17, 15) is 4.79 Å². The molecule has 1 aromatic rings. The first-order valence-corrected chi connectivity index (χ1v) is 2.83. The zero-order chi connectivity index (χ0) is 6.85. The van der Waals surface area contributed by atoms with Gasteiger partial charge in [-0.3, -0.25) is 4.79 Å². The van der Waals surface area contributed by atoms with Crippen LogP contribution in [0, 0.1) is 0 Å². The number of hydrogen-bond acceptors (Lipinski definition) is 2. The molecule has 0 atom stereocenters. The second kappa shape index (κ2) is 2.37. The topological polar surface area (TPSA) is 34.9 Å². The van der Waals surface area contributed by atoms with E-state index in [4.69, 9.17) is 23.4 Å². The van der Waals surface area contributed by atoms with Gasteiger partial charge in [0.25, 0.3) is 0 Å². The lowest BCUT2D eigenvalue weighted by molar-refractivity contribution is 1.06. The van der Waals surface area contributed by atoms with Crippen LogP contribution in [0.5, 0.6) is 0 Å². The predicted molar refractivity (Wildman–Crippen MR) is 34.8 cm³/mol. The molecule has 48 valence electrons. The molecule has 0 aliphatic heterocycles. The van der Waals surface area contributed by atoms with Crippen molar-refractivity contribution in [3.63, 3.8) is 0 Å². The third-order valence-electron chi connectivity index (χ3n) is 0.756. The number of aromatic nitrogens is 2. The van der Waals surface area contributed by atoms with Crippen molar-refractivity contribution in [2.24, 2.45) is 0 Å². The quantitative estimate of drug-likeness (QED) is 0.572. The summed E-state index contributed by atoms with van der Waals surface area (Å²) in [5, 5.41) is -0.118. The number of rotatable bonds is 0. The van der Waals surface area contributed by atoms with E-state index in [-0.39, 0.29) is 5.15 Å². The van der Waals surface area contributed by atoms with E-state index in [1.807, 2.05) is 0 Å². The lowest BCUT2D eigenvalue weighted by atomic mass is 10.7. The Bertz CT molecular complexity index is 246. The third kappa shape index (κ3) is 1.23. The molecule has 0 aliphatic rings. The molecule has 0 spiro atoms. The lowest BCUT2D eigenvalue weighted by Crippen LogP contribution is -2.12. The number of nitrogens with zero attached hydrogens (tertiary/aromatic N) is 2. The highest BCUT2D eigenvalue weighted by Gasteiger charge is 1.96. The summed E-state index contributed by atoms with van der Waals surface area (Å²) in [4.78, 5) is 14.1. The van der Waals surface area contributed by atoms with E-state index in [2.05, 4.69) is 4.98 Å². The van der Waals surface area contributed by atoms with Gasteiger partial charge in [0.05, 0.1) is 0 Å². The van der Waals surface area contributed by atoms with Gasteiger partial charge >= 0.3 is 5.56 Å². The van der Waals surface area contributed by atoms with Gasteiger partial charge in [-0.2, -0.15) is 0 Å². The largest absolute Gasteiger partial charge is 0.302 e. The minimum Gasteiger partial charge on any atom is -0.264 e. The van der Waals surface area contributed by atoms with Gasteiger partial charge in [0.2, 0.25) is 0 Å². The Morgan fingerprint density at radius 2 is 2.33 bits per heavy atom. The summed E-state index contributed by atoms with van der Waals surface area (Å²) >= 11 is 10.6. The fourth-order valence-electron chi connectivity index (χ4n) is 0.368. The van der Waals surface area contributed by atoms with E-state index >= 15 is 0 Å². The maximum atomic E-state index is 10.6.